The Hall–Kier alpha value is -0.860. The third-order valence-corrected chi connectivity index (χ3v) is 11.7. The average Bonchev–Trinajstić information content (AvgIpc) is 3.15. The number of hydrogen-bond acceptors (Lipinski definition) is 8. The zero-order valence-electron chi connectivity index (χ0n) is 23.0. The molecule has 0 saturated heterocycles. The fourth-order valence-corrected chi connectivity index (χ4v) is 9.79. The Kier molecular flexibility index (Phi) is 8.84. The molecule has 0 aromatic carbocycles. The third kappa shape index (κ3) is 6.48. The zero-order valence-corrected chi connectivity index (χ0v) is 24.7. The maximum atomic E-state index is 11.4. The molecule has 4 aliphatic rings. The summed E-state index contributed by atoms with van der Waals surface area (Å²) in [5.41, 5.74) is 1.35. The van der Waals surface area contributed by atoms with E-state index in [-0.39, 0.29) is 35.7 Å². The monoisotopic (exact) mass is 592 g/mol. The van der Waals surface area contributed by atoms with Gasteiger partial charge in [-0.15, -0.1) is 0 Å². The summed E-state index contributed by atoms with van der Waals surface area (Å²) in [6.45, 7) is 9.88. The molecule has 0 aromatic heterocycles. The first-order chi connectivity index (χ1) is 17.9. The van der Waals surface area contributed by atoms with E-state index in [0.717, 1.165) is 37.7 Å². The van der Waals surface area contributed by atoms with Crippen molar-refractivity contribution in [2.45, 2.75) is 96.9 Å². The van der Waals surface area contributed by atoms with Gasteiger partial charge in [0.25, 0.3) is 0 Å². The zero-order chi connectivity index (χ0) is 29.0. The van der Waals surface area contributed by atoms with Crippen LogP contribution in [-0.4, -0.2) is 61.1 Å². The van der Waals surface area contributed by atoms with Crippen molar-refractivity contribution < 1.29 is 44.5 Å². The number of aliphatic hydroxyl groups is 2. The molecule has 0 radical (unpaired) electrons. The molecule has 0 aliphatic heterocycles. The van der Waals surface area contributed by atoms with E-state index in [9.17, 15) is 31.6 Å². The Morgan fingerprint density at radius 3 is 2.41 bits per heavy atom. The van der Waals surface area contributed by atoms with E-state index in [1.807, 2.05) is 0 Å². The fourth-order valence-electron chi connectivity index (χ4n) is 8.94. The van der Waals surface area contributed by atoms with Gasteiger partial charge in [-0.05, 0) is 105 Å². The largest absolute Gasteiger partial charge is 0.397 e. The molecule has 0 bridgehead atoms. The van der Waals surface area contributed by atoms with Gasteiger partial charge in [0.2, 0.25) is 0 Å². The van der Waals surface area contributed by atoms with Gasteiger partial charge in [0.15, 0.2) is 0 Å². The molecule has 224 valence electrons. The minimum absolute atomic E-state index is 0.0752. The van der Waals surface area contributed by atoms with E-state index in [4.69, 9.17) is 12.9 Å². The molecule has 10 atom stereocenters. The van der Waals surface area contributed by atoms with E-state index >= 15 is 0 Å². The van der Waals surface area contributed by atoms with Crippen molar-refractivity contribution in [3.8, 4) is 0 Å². The Bertz CT molecular complexity index is 1180. The first-order valence-corrected chi connectivity index (χ1v) is 16.7. The number of hydrogen-bond donors (Lipinski definition) is 4. The Morgan fingerprint density at radius 1 is 1.10 bits per heavy atom. The lowest BCUT2D eigenvalue weighted by Crippen LogP contribution is -2.54. The van der Waals surface area contributed by atoms with Crippen LogP contribution in [0.15, 0.2) is 23.8 Å². The number of aliphatic hydroxyl groups excluding tert-OH is 2. The summed E-state index contributed by atoms with van der Waals surface area (Å²) in [5.74, 6) is 1.03. The SMILES string of the molecule is C=C(C)[C@H](O)CC[C@@H](COS(=O)(=O)O)[C@H]1CC[C@H]2[C@@H]3CC=C4C[C@H](OS(=O)(=O)O)[C@@H](O)C[C@]4(C)[C@H]3CC[C@]12C. The van der Waals surface area contributed by atoms with Gasteiger partial charge in [-0.25, -0.2) is 8.37 Å². The lowest BCUT2D eigenvalue weighted by atomic mass is 9.46. The molecule has 39 heavy (non-hydrogen) atoms. The van der Waals surface area contributed by atoms with Gasteiger partial charge in [-0.3, -0.25) is 9.11 Å². The van der Waals surface area contributed by atoms with Crippen LogP contribution in [0.1, 0.15) is 78.6 Å². The maximum Gasteiger partial charge on any atom is 0.397 e. The number of rotatable bonds is 10. The number of allylic oxidation sites excluding steroid dienone is 1. The summed E-state index contributed by atoms with van der Waals surface area (Å²) in [4.78, 5) is 0. The van der Waals surface area contributed by atoms with Crippen molar-refractivity contribution >= 4 is 20.8 Å². The van der Waals surface area contributed by atoms with Crippen LogP contribution in [-0.2, 0) is 29.2 Å². The van der Waals surface area contributed by atoms with E-state index in [1.54, 1.807) is 6.92 Å². The summed E-state index contributed by atoms with van der Waals surface area (Å²) in [6.07, 6.45) is 5.61. The molecule has 0 heterocycles. The van der Waals surface area contributed by atoms with Crippen molar-refractivity contribution in [1.29, 1.82) is 0 Å². The lowest BCUT2D eigenvalue weighted by Gasteiger charge is -2.59. The summed E-state index contributed by atoms with van der Waals surface area (Å²) >= 11 is 0. The quantitative estimate of drug-likeness (QED) is 0.216. The second-order valence-electron chi connectivity index (χ2n) is 12.9. The molecular formula is C27H44O10S2. The normalized spacial score (nSPS) is 40.1. The first kappa shape index (κ1) is 31.1. The molecule has 3 saturated carbocycles. The second-order valence-corrected chi connectivity index (χ2v) is 15.1. The molecule has 12 heteroatoms. The second kappa shape index (κ2) is 11.1. The van der Waals surface area contributed by atoms with Crippen LogP contribution in [0.4, 0.5) is 0 Å². The van der Waals surface area contributed by atoms with Crippen LogP contribution in [0, 0.1) is 40.4 Å². The van der Waals surface area contributed by atoms with Crippen molar-refractivity contribution in [1.82, 2.24) is 0 Å². The third-order valence-electron chi connectivity index (χ3n) is 10.8. The minimum Gasteiger partial charge on any atom is -0.390 e. The van der Waals surface area contributed by atoms with E-state index in [1.165, 1.54) is 0 Å². The molecule has 0 spiro atoms. The van der Waals surface area contributed by atoms with Gasteiger partial charge in [-0.1, -0.05) is 37.6 Å². The minimum atomic E-state index is -4.67. The van der Waals surface area contributed by atoms with Crippen LogP contribution < -0.4 is 0 Å². The Morgan fingerprint density at radius 2 is 1.79 bits per heavy atom. The molecule has 4 aliphatic carbocycles. The predicted molar refractivity (Wildman–Crippen MR) is 144 cm³/mol. The molecule has 10 nitrogen and oxygen atoms in total. The molecule has 0 unspecified atom stereocenters. The smallest absolute Gasteiger partial charge is 0.390 e. The van der Waals surface area contributed by atoms with Gasteiger partial charge in [-0.2, -0.15) is 16.8 Å². The van der Waals surface area contributed by atoms with Crippen LogP contribution in [0.5, 0.6) is 0 Å². The average molecular weight is 593 g/mol. The van der Waals surface area contributed by atoms with Gasteiger partial charge in [0.05, 0.1) is 18.8 Å². The standard InChI is InChI=1S/C27H44O10S2/c1-16(2)23(28)10-5-17(15-36-38(30,31)32)20-8-9-21-19-7-6-18-13-25(37-39(33,34)35)24(29)14-27(18,4)22(19)11-12-26(20,21)3/h6,17,19-25,28-29H,1,5,7-15H2,2-4H3,(H,30,31,32)(H,33,34,35)/t17-,19-,20+,21-,22-,23+,24-,25-,26+,27-/m0/s1. The van der Waals surface area contributed by atoms with Gasteiger partial charge < -0.3 is 10.2 Å². The highest BCUT2D eigenvalue weighted by atomic mass is 32.3. The molecule has 3 fully saturated rings. The van der Waals surface area contributed by atoms with Crippen LogP contribution >= 0.6 is 0 Å². The molecule has 4 rings (SSSR count). The van der Waals surface area contributed by atoms with Crippen LogP contribution in [0.3, 0.4) is 0 Å². The van der Waals surface area contributed by atoms with E-state index < -0.39 is 39.1 Å². The maximum absolute atomic E-state index is 11.4. The van der Waals surface area contributed by atoms with Crippen molar-refractivity contribution in [3.63, 3.8) is 0 Å². The summed E-state index contributed by atoms with van der Waals surface area (Å²) in [6, 6.07) is 0. The van der Waals surface area contributed by atoms with Crippen LogP contribution in [0.2, 0.25) is 0 Å². The first-order valence-electron chi connectivity index (χ1n) is 13.9. The van der Waals surface area contributed by atoms with Crippen LogP contribution in [0.25, 0.3) is 0 Å². The Labute approximate surface area is 232 Å². The van der Waals surface area contributed by atoms with E-state index in [2.05, 4.69) is 26.5 Å². The highest BCUT2D eigenvalue weighted by Crippen LogP contribution is 2.67. The highest BCUT2D eigenvalue weighted by Gasteiger charge is 2.60. The van der Waals surface area contributed by atoms with Crippen molar-refractivity contribution in [2.75, 3.05) is 6.61 Å². The van der Waals surface area contributed by atoms with E-state index in [0.29, 0.717) is 42.6 Å². The summed E-state index contributed by atoms with van der Waals surface area (Å²) in [7, 11) is -9.26. The number of fused-ring (bicyclic) bond motifs is 5. The van der Waals surface area contributed by atoms with Gasteiger partial charge in [0.1, 0.15) is 6.10 Å². The van der Waals surface area contributed by atoms with Gasteiger partial charge >= 0.3 is 20.8 Å². The van der Waals surface area contributed by atoms with Crippen molar-refractivity contribution in [2.24, 2.45) is 40.4 Å². The highest BCUT2D eigenvalue weighted by molar-refractivity contribution is 7.81. The predicted octanol–water partition coefficient (Wildman–Crippen LogP) is 3.88. The summed E-state index contributed by atoms with van der Waals surface area (Å²) < 4.78 is 73.6. The molecule has 4 N–H and O–H groups in total. The molecule has 0 amide bonds. The van der Waals surface area contributed by atoms with Gasteiger partial charge in [0, 0.05) is 0 Å². The summed E-state index contributed by atoms with van der Waals surface area (Å²) in [5, 5.41) is 21.2. The Balaban J connectivity index is 1.55. The lowest BCUT2D eigenvalue weighted by molar-refractivity contribution is -0.0867. The van der Waals surface area contributed by atoms with Crippen molar-refractivity contribution in [3.05, 3.63) is 23.8 Å². The molecule has 0 aromatic rings. The fraction of sp³-hybridized carbons (Fsp3) is 0.852. The molecular weight excluding hydrogens is 548 g/mol. The topological polar surface area (TPSA) is 168 Å².